The molecule has 0 amide bonds. The van der Waals surface area contributed by atoms with Crippen molar-refractivity contribution in [3.8, 4) is 0 Å². The Labute approximate surface area is 391 Å². The van der Waals surface area contributed by atoms with Gasteiger partial charge in [-0.3, -0.25) is 9.59 Å². The highest BCUT2D eigenvalue weighted by molar-refractivity contribution is 5.70. The Kier molecular flexibility index (Phi) is 35.2. The third kappa shape index (κ3) is 26.7. The van der Waals surface area contributed by atoms with E-state index in [-0.39, 0.29) is 26.1 Å². The van der Waals surface area contributed by atoms with E-state index in [1.807, 2.05) is 0 Å². The Bertz CT molecular complexity index is 1150. The molecule has 0 aromatic rings. The van der Waals surface area contributed by atoms with Crippen LogP contribution in [-0.2, 0) is 38.0 Å². The first-order valence-corrected chi connectivity index (χ1v) is 26.1. The highest BCUT2D eigenvalue weighted by Crippen LogP contribution is 2.27. The molecule has 0 aromatic carbocycles. The summed E-state index contributed by atoms with van der Waals surface area (Å²) in [4.78, 5) is 25.5. The normalized spacial score (nSPS) is 26.3. The van der Waals surface area contributed by atoms with Gasteiger partial charge in [-0.25, -0.2) is 0 Å². The predicted molar refractivity (Wildman–Crippen MR) is 248 cm³/mol. The minimum atomic E-state index is -1.76. The lowest BCUT2D eigenvalue weighted by Crippen LogP contribution is -2.61. The first-order valence-electron chi connectivity index (χ1n) is 26.1. The molecule has 11 atom stereocenters. The fourth-order valence-electron chi connectivity index (χ4n) is 8.51. The number of aliphatic hydroxyl groups is 7. The number of unbranched alkanes of at least 4 members (excludes halogenated alkanes) is 27. The number of aliphatic hydroxyl groups excluding tert-OH is 7. The maximum atomic E-state index is 13.0. The van der Waals surface area contributed by atoms with Crippen molar-refractivity contribution in [2.45, 2.75) is 280 Å². The monoisotopic (exact) mass is 935 g/mol. The summed E-state index contributed by atoms with van der Waals surface area (Å²) in [6, 6.07) is 0. The standard InChI is InChI=1S/C50H94O15/c1-3-5-7-9-11-12-13-14-15-16-17-18-19-20-21-22-23-24-25-26-27-29-31-33-42(53)63-38(35-60-41(52)32-30-28-10-8-6-4-2)36-61-49-48(59)46(57)44(55)40(65-49)37-62-50-47(58)45(56)43(54)39(34-51)64-50/h38-40,43-51,54-59H,3-37H2,1-2H3. The lowest BCUT2D eigenvalue weighted by molar-refractivity contribution is -0.332. The van der Waals surface area contributed by atoms with Crippen LogP contribution in [0.25, 0.3) is 0 Å². The molecule has 11 unspecified atom stereocenters. The molecule has 0 saturated carbocycles. The average Bonchev–Trinajstić information content (AvgIpc) is 3.30. The zero-order chi connectivity index (χ0) is 47.5. The summed E-state index contributed by atoms with van der Waals surface area (Å²) in [6.45, 7) is 2.55. The topological polar surface area (TPSA) is 231 Å². The molecule has 2 fully saturated rings. The lowest BCUT2D eigenvalue weighted by Gasteiger charge is -2.42. The van der Waals surface area contributed by atoms with Crippen LogP contribution < -0.4 is 0 Å². The third-order valence-corrected chi connectivity index (χ3v) is 12.8. The first-order chi connectivity index (χ1) is 31.5. The third-order valence-electron chi connectivity index (χ3n) is 12.8. The second-order valence-corrected chi connectivity index (χ2v) is 18.7. The Morgan fingerprint density at radius 2 is 0.785 bits per heavy atom. The molecule has 0 spiro atoms. The van der Waals surface area contributed by atoms with Crippen molar-refractivity contribution in [1.82, 2.24) is 0 Å². The molecule has 2 aliphatic rings. The second-order valence-electron chi connectivity index (χ2n) is 18.7. The van der Waals surface area contributed by atoms with Gasteiger partial charge in [0.15, 0.2) is 18.7 Å². The summed E-state index contributed by atoms with van der Waals surface area (Å²) in [5.41, 5.74) is 0. The van der Waals surface area contributed by atoms with E-state index in [4.69, 9.17) is 28.4 Å². The molecule has 384 valence electrons. The maximum absolute atomic E-state index is 13.0. The van der Waals surface area contributed by atoms with E-state index in [0.29, 0.717) is 12.8 Å². The Morgan fingerprint density at radius 1 is 0.431 bits per heavy atom. The fraction of sp³-hybridized carbons (Fsp3) is 0.960. The first kappa shape index (κ1) is 59.6. The van der Waals surface area contributed by atoms with Gasteiger partial charge < -0.3 is 64.2 Å². The molecule has 2 rings (SSSR count). The highest BCUT2D eigenvalue weighted by atomic mass is 16.7. The van der Waals surface area contributed by atoms with Gasteiger partial charge in [0.25, 0.3) is 0 Å². The van der Waals surface area contributed by atoms with Crippen molar-refractivity contribution in [1.29, 1.82) is 0 Å². The van der Waals surface area contributed by atoms with Crippen LogP contribution in [0.4, 0.5) is 0 Å². The number of ether oxygens (including phenoxy) is 6. The number of esters is 2. The summed E-state index contributed by atoms with van der Waals surface area (Å²) in [7, 11) is 0. The van der Waals surface area contributed by atoms with Crippen molar-refractivity contribution in [3.05, 3.63) is 0 Å². The number of carbonyl (C=O) groups excluding carboxylic acids is 2. The highest BCUT2D eigenvalue weighted by Gasteiger charge is 2.47. The van der Waals surface area contributed by atoms with Crippen LogP contribution in [0.1, 0.15) is 213 Å². The van der Waals surface area contributed by atoms with Crippen molar-refractivity contribution >= 4 is 11.9 Å². The average molecular weight is 935 g/mol. The lowest BCUT2D eigenvalue weighted by atomic mass is 9.98. The molecule has 2 aliphatic heterocycles. The summed E-state index contributed by atoms with van der Waals surface area (Å²) in [5, 5.41) is 71.9. The van der Waals surface area contributed by atoms with E-state index in [9.17, 15) is 45.3 Å². The molecule has 0 radical (unpaired) electrons. The van der Waals surface area contributed by atoms with Gasteiger partial charge in [0.05, 0.1) is 19.8 Å². The van der Waals surface area contributed by atoms with E-state index in [2.05, 4.69) is 13.8 Å². The smallest absolute Gasteiger partial charge is 0.306 e. The molecular weight excluding hydrogens is 841 g/mol. The van der Waals surface area contributed by atoms with Crippen LogP contribution in [0.3, 0.4) is 0 Å². The van der Waals surface area contributed by atoms with Crippen LogP contribution in [0.2, 0.25) is 0 Å². The zero-order valence-electron chi connectivity index (χ0n) is 40.5. The number of rotatable bonds is 41. The molecule has 0 bridgehead atoms. The quantitative estimate of drug-likeness (QED) is 0.0237. The minimum absolute atomic E-state index is 0.173. The molecule has 0 aromatic heterocycles. The second kappa shape index (κ2) is 38.4. The molecule has 15 heteroatoms. The minimum Gasteiger partial charge on any atom is -0.462 e. The summed E-state index contributed by atoms with van der Waals surface area (Å²) >= 11 is 0. The SMILES string of the molecule is CCCCCCCCCCCCCCCCCCCCCCCCCC(=O)OC(COC(=O)CCCCCCCC)COC1OC(COC2OC(CO)C(O)C(O)C2O)C(O)C(O)C1O. The molecule has 65 heavy (non-hydrogen) atoms. The molecule has 0 aliphatic carbocycles. The van der Waals surface area contributed by atoms with E-state index < -0.39 is 92.7 Å². The van der Waals surface area contributed by atoms with E-state index in [1.165, 1.54) is 122 Å². The summed E-state index contributed by atoms with van der Waals surface area (Å²) < 4.78 is 33.4. The fourth-order valence-corrected chi connectivity index (χ4v) is 8.51. The predicted octanol–water partition coefficient (Wildman–Crippen LogP) is 7.22. The molecular formula is C50H94O15. The van der Waals surface area contributed by atoms with Gasteiger partial charge in [-0.2, -0.15) is 0 Å². The van der Waals surface area contributed by atoms with E-state index in [0.717, 1.165) is 51.4 Å². The van der Waals surface area contributed by atoms with Crippen molar-refractivity contribution in [2.75, 3.05) is 26.4 Å². The van der Waals surface area contributed by atoms with Crippen LogP contribution >= 0.6 is 0 Å². The van der Waals surface area contributed by atoms with Gasteiger partial charge in [-0.05, 0) is 12.8 Å². The van der Waals surface area contributed by atoms with Crippen LogP contribution in [0.5, 0.6) is 0 Å². The van der Waals surface area contributed by atoms with Gasteiger partial charge >= 0.3 is 11.9 Å². The van der Waals surface area contributed by atoms with Gasteiger partial charge in [0.1, 0.15) is 55.4 Å². The van der Waals surface area contributed by atoms with Gasteiger partial charge in [-0.1, -0.05) is 187 Å². The number of hydrogen-bond acceptors (Lipinski definition) is 15. The van der Waals surface area contributed by atoms with E-state index in [1.54, 1.807) is 0 Å². The molecule has 2 saturated heterocycles. The zero-order valence-corrected chi connectivity index (χ0v) is 40.5. The maximum Gasteiger partial charge on any atom is 0.306 e. The van der Waals surface area contributed by atoms with Gasteiger partial charge in [-0.15, -0.1) is 0 Å². The number of hydrogen-bond donors (Lipinski definition) is 7. The summed E-state index contributed by atoms with van der Waals surface area (Å²) in [5.74, 6) is -0.922. The number of carbonyl (C=O) groups is 2. The largest absolute Gasteiger partial charge is 0.462 e. The van der Waals surface area contributed by atoms with Crippen molar-refractivity contribution in [2.24, 2.45) is 0 Å². The molecule has 15 nitrogen and oxygen atoms in total. The van der Waals surface area contributed by atoms with Crippen molar-refractivity contribution in [3.63, 3.8) is 0 Å². The van der Waals surface area contributed by atoms with Crippen molar-refractivity contribution < 1.29 is 73.8 Å². The van der Waals surface area contributed by atoms with Crippen LogP contribution in [0.15, 0.2) is 0 Å². The Hall–Kier alpha value is -1.50. The van der Waals surface area contributed by atoms with E-state index >= 15 is 0 Å². The Balaban J connectivity index is 1.69. The van der Waals surface area contributed by atoms with Gasteiger partial charge in [0.2, 0.25) is 0 Å². The molecule has 2 heterocycles. The molecule has 7 N–H and O–H groups in total. The summed E-state index contributed by atoms with van der Waals surface area (Å²) in [6.07, 6.45) is 19.0. The van der Waals surface area contributed by atoms with Crippen LogP contribution in [0, 0.1) is 0 Å². The van der Waals surface area contributed by atoms with Gasteiger partial charge in [0, 0.05) is 12.8 Å². The van der Waals surface area contributed by atoms with Crippen LogP contribution in [-0.4, -0.2) is 142 Å². The Morgan fingerprint density at radius 3 is 1.20 bits per heavy atom.